The van der Waals surface area contributed by atoms with Gasteiger partial charge < -0.3 is 49.2 Å². The molecular weight excluding hydrogens is 913 g/mol. The van der Waals surface area contributed by atoms with Crippen LogP contribution in [-0.4, -0.2) is 117 Å². The third kappa shape index (κ3) is 27.4. The van der Waals surface area contributed by atoms with Gasteiger partial charge in [0.05, 0.1) is 13.2 Å². The number of carbonyl (C=O) groups is 2. The highest BCUT2D eigenvalue weighted by molar-refractivity contribution is 7.89. The average Bonchev–Trinajstić information content (AvgIpc) is 3.34. The van der Waals surface area contributed by atoms with Crippen molar-refractivity contribution in [1.29, 1.82) is 0 Å². The van der Waals surface area contributed by atoms with Crippen molar-refractivity contribution < 1.29 is 77.6 Å². The van der Waals surface area contributed by atoms with E-state index in [1.165, 1.54) is 141 Å². The maximum absolute atomic E-state index is 13.8. The summed E-state index contributed by atoms with van der Waals surface area (Å²) in [6, 6.07) is 0. The highest BCUT2D eigenvalue weighted by Gasteiger charge is 2.54. The number of aliphatic hydroxyl groups is 5. The Morgan fingerprint density at radius 1 is 0.565 bits per heavy atom. The van der Waals surface area contributed by atoms with Crippen molar-refractivity contribution in [1.82, 2.24) is 0 Å². The van der Waals surface area contributed by atoms with Crippen LogP contribution in [0.5, 0.6) is 0 Å². The van der Waals surface area contributed by atoms with E-state index in [1.807, 2.05) is 13.0 Å². The largest absolute Gasteiger partial charge is 0.455 e. The van der Waals surface area contributed by atoms with E-state index in [0.29, 0.717) is 6.42 Å². The molecule has 2 heterocycles. The number of allylic oxidation sites excluding steroid dienone is 1. The summed E-state index contributed by atoms with van der Waals surface area (Å²) in [5.74, 6) is -1.42. The first-order chi connectivity index (χ1) is 33.5. The van der Waals surface area contributed by atoms with Crippen molar-refractivity contribution in [3.8, 4) is 0 Å². The Balaban J connectivity index is 2.03. The standard InChI is InChI=1S/C52H96O16S/c1-5-7-9-11-13-15-17-19-20-21-23-24-26-28-30-32-34-39(3)36-40(4)50(59)64-49-47(63-43(55)35-33-31-29-27-25-22-18-16-14-12-10-8-6-2)45(57)42(38-54)62-52(49)65-51-48(66-69-68-67-60)46(58)44(56)41(37-53)61-51/h36,39,41-42,44-49,51-54,56-58,60H,5-35,37-38H2,1-4H3/b40-36+/t39-,41?,42?,44?,45?,46?,47?,48?,49?,51?,52?/m0/s1. The maximum atomic E-state index is 13.8. The van der Waals surface area contributed by atoms with Gasteiger partial charge in [-0.05, 0) is 25.7 Å². The Kier molecular flexibility index (Phi) is 37.8. The minimum Gasteiger partial charge on any atom is -0.455 e. The third-order valence-corrected chi connectivity index (χ3v) is 13.9. The van der Waals surface area contributed by atoms with Gasteiger partial charge in [0.15, 0.2) is 36.9 Å². The van der Waals surface area contributed by atoms with Crippen LogP contribution in [0, 0.1) is 5.92 Å². The van der Waals surface area contributed by atoms with E-state index in [0.717, 1.165) is 44.9 Å². The summed E-state index contributed by atoms with van der Waals surface area (Å²) in [5.41, 5.74) is 0.264. The second kappa shape index (κ2) is 41.0. The van der Waals surface area contributed by atoms with Crippen molar-refractivity contribution in [2.45, 2.75) is 288 Å². The summed E-state index contributed by atoms with van der Waals surface area (Å²) < 4.78 is 39.1. The van der Waals surface area contributed by atoms with Gasteiger partial charge in [-0.3, -0.25) is 8.98 Å². The number of hydrogen-bond acceptors (Lipinski definition) is 17. The van der Waals surface area contributed by atoms with Crippen LogP contribution in [-0.2, 0) is 46.8 Å². The molecule has 0 radical (unpaired) electrons. The number of carbonyl (C=O) groups excluding carboxylic acids is 2. The first-order valence-electron chi connectivity index (χ1n) is 27.1. The van der Waals surface area contributed by atoms with E-state index in [2.05, 4.69) is 23.2 Å². The quantitative estimate of drug-likeness (QED) is 0.00833. The van der Waals surface area contributed by atoms with Crippen LogP contribution in [0.15, 0.2) is 11.6 Å². The van der Waals surface area contributed by atoms with Gasteiger partial charge in [-0.25, -0.2) is 10.1 Å². The second-order valence-electron chi connectivity index (χ2n) is 19.6. The van der Waals surface area contributed by atoms with Crippen LogP contribution < -0.4 is 0 Å². The second-order valence-corrected chi connectivity index (χ2v) is 20.0. The van der Waals surface area contributed by atoms with Gasteiger partial charge >= 0.3 is 11.9 Å². The van der Waals surface area contributed by atoms with Crippen LogP contribution >= 0.6 is 12.3 Å². The molecule has 6 N–H and O–H groups in total. The van der Waals surface area contributed by atoms with Gasteiger partial charge in [-0.2, -0.15) is 0 Å². The van der Waals surface area contributed by atoms with E-state index in [1.54, 1.807) is 6.92 Å². The zero-order chi connectivity index (χ0) is 50.5. The molecule has 17 heteroatoms. The van der Waals surface area contributed by atoms with Gasteiger partial charge in [-0.1, -0.05) is 212 Å². The summed E-state index contributed by atoms with van der Waals surface area (Å²) >= 11 is 0.0621. The van der Waals surface area contributed by atoms with E-state index < -0.39 is 86.6 Å². The predicted molar refractivity (Wildman–Crippen MR) is 265 cm³/mol. The van der Waals surface area contributed by atoms with Crippen molar-refractivity contribution in [3.63, 3.8) is 0 Å². The maximum Gasteiger partial charge on any atom is 0.333 e. The summed E-state index contributed by atoms with van der Waals surface area (Å²) in [6.45, 7) is 6.60. The monoisotopic (exact) mass is 1010 g/mol. The zero-order valence-corrected chi connectivity index (χ0v) is 43.8. The summed E-state index contributed by atoms with van der Waals surface area (Å²) in [6.07, 6.45) is 21.8. The Morgan fingerprint density at radius 2 is 0.986 bits per heavy atom. The normalized spacial score (nSPS) is 25.7. The Bertz CT molecular complexity index is 1300. The highest BCUT2D eigenvalue weighted by Crippen LogP contribution is 2.34. The molecule has 2 aliphatic heterocycles. The summed E-state index contributed by atoms with van der Waals surface area (Å²) in [5, 5.41) is 65.3. The third-order valence-electron chi connectivity index (χ3n) is 13.5. The molecule has 0 aliphatic carbocycles. The lowest BCUT2D eigenvalue weighted by atomic mass is 9.97. The topological polar surface area (TPSA) is 229 Å². The molecule has 2 aliphatic rings. The molecule has 406 valence electrons. The van der Waals surface area contributed by atoms with Crippen LogP contribution in [0.4, 0.5) is 0 Å². The minimum atomic E-state index is -1.77. The van der Waals surface area contributed by atoms with Gasteiger partial charge in [0.2, 0.25) is 6.29 Å². The van der Waals surface area contributed by atoms with Gasteiger partial charge in [0.1, 0.15) is 30.5 Å². The molecule has 10 unspecified atom stereocenters. The van der Waals surface area contributed by atoms with Gasteiger partial charge in [-0.15, -0.1) is 4.33 Å². The number of hydrogen-bond donors (Lipinski definition) is 6. The Hall–Kier alpha value is -1.45. The Labute approximate surface area is 419 Å². The van der Waals surface area contributed by atoms with Crippen molar-refractivity contribution in [2.75, 3.05) is 13.2 Å². The molecule has 0 aromatic rings. The van der Waals surface area contributed by atoms with E-state index >= 15 is 0 Å². The van der Waals surface area contributed by atoms with Gasteiger partial charge in [0, 0.05) is 12.0 Å². The molecule has 2 saturated heterocycles. The number of aliphatic hydroxyl groups excluding tert-OH is 5. The molecule has 0 amide bonds. The van der Waals surface area contributed by atoms with Crippen molar-refractivity contribution in [2.24, 2.45) is 5.92 Å². The fourth-order valence-electron chi connectivity index (χ4n) is 9.19. The lowest BCUT2D eigenvalue weighted by molar-refractivity contribution is -0.435. The van der Waals surface area contributed by atoms with E-state index in [9.17, 15) is 35.1 Å². The molecule has 0 spiro atoms. The molecule has 11 atom stereocenters. The summed E-state index contributed by atoms with van der Waals surface area (Å²) in [7, 11) is 0. The molecule has 2 fully saturated rings. The number of esters is 2. The fourth-order valence-corrected chi connectivity index (χ4v) is 9.54. The molecule has 0 saturated carbocycles. The van der Waals surface area contributed by atoms with Crippen LogP contribution in [0.1, 0.15) is 227 Å². The molecule has 0 aromatic heterocycles. The molecule has 16 nitrogen and oxygen atoms in total. The highest BCUT2D eigenvalue weighted by atomic mass is 32.2. The molecule has 0 bridgehead atoms. The average molecular weight is 1010 g/mol. The number of unbranched alkanes of at least 4 members (excludes halogenated alkanes) is 27. The van der Waals surface area contributed by atoms with Crippen LogP contribution in [0.25, 0.3) is 0 Å². The molecule has 69 heavy (non-hydrogen) atoms. The van der Waals surface area contributed by atoms with E-state index in [4.69, 9.17) is 33.1 Å². The zero-order valence-electron chi connectivity index (χ0n) is 42.9. The first-order valence-corrected chi connectivity index (χ1v) is 27.8. The van der Waals surface area contributed by atoms with E-state index in [-0.39, 0.29) is 30.2 Å². The Morgan fingerprint density at radius 3 is 1.43 bits per heavy atom. The number of rotatable bonds is 43. The molecule has 0 aromatic carbocycles. The lowest BCUT2D eigenvalue weighted by Gasteiger charge is -2.46. The first kappa shape index (κ1) is 63.7. The predicted octanol–water partition coefficient (Wildman–Crippen LogP) is 10.4. The SMILES string of the molecule is CCCCCCCCCCCCCCCCCC[C@H](C)/C=C(\C)C(=O)OC1C(OC2OC(CO)C(O)C(O)C2OSOOO)OC(CO)C(O)C1OC(=O)CCCCCCCCCCCCCCC. The smallest absolute Gasteiger partial charge is 0.333 e. The molecular formula is C52H96O16S. The van der Waals surface area contributed by atoms with Crippen LogP contribution in [0.3, 0.4) is 0 Å². The van der Waals surface area contributed by atoms with Gasteiger partial charge in [0.25, 0.3) is 0 Å². The minimum absolute atomic E-state index is 0.0294. The van der Waals surface area contributed by atoms with Crippen LogP contribution in [0.2, 0.25) is 0 Å². The van der Waals surface area contributed by atoms with Crippen molar-refractivity contribution >= 4 is 24.3 Å². The molecule has 2 rings (SSSR count). The fraction of sp³-hybridized carbons (Fsp3) is 0.923. The number of ether oxygens (including phenoxy) is 5. The summed E-state index contributed by atoms with van der Waals surface area (Å²) in [4.78, 5) is 27.2. The van der Waals surface area contributed by atoms with Crippen molar-refractivity contribution in [3.05, 3.63) is 11.6 Å². The lowest BCUT2D eigenvalue weighted by Crippen LogP contribution is -2.65.